The third-order valence-electron chi connectivity index (χ3n) is 4.00. The number of aromatic hydroxyl groups is 1. The van der Waals surface area contributed by atoms with Gasteiger partial charge in [0.15, 0.2) is 0 Å². The number of benzene rings is 1. The normalized spacial score (nSPS) is 12.1. The summed E-state index contributed by atoms with van der Waals surface area (Å²) in [6, 6.07) is 3.95. The molecule has 0 aliphatic heterocycles. The fourth-order valence-corrected chi connectivity index (χ4v) is 4.16. The molecule has 1 unspecified atom stereocenters. The Hall–Kier alpha value is -1.98. The molecule has 0 aliphatic rings. The highest BCUT2D eigenvalue weighted by Crippen LogP contribution is 2.40. The number of nitrogens with two attached hydrogens (primary N) is 1. The first kappa shape index (κ1) is 14.0. The predicted molar refractivity (Wildman–Crippen MR) is 87.3 cm³/mol. The third-order valence-corrected chi connectivity index (χ3v) is 5.68. The van der Waals surface area contributed by atoms with Crippen molar-refractivity contribution < 1.29 is 5.11 Å². The van der Waals surface area contributed by atoms with E-state index in [1.165, 1.54) is 0 Å². The number of aromatic nitrogens is 2. The lowest BCUT2D eigenvalue weighted by atomic mass is 10.0. The molecule has 0 aliphatic carbocycles. The van der Waals surface area contributed by atoms with E-state index in [2.05, 4.69) is 4.98 Å². The molecule has 3 N–H and O–H groups in total. The maximum Gasteiger partial charge on any atom is 0.268 e. The number of hydrogen-bond acceptors (Lipinski definition) is 4. The first-order valence-electron chi connectivity index (χ1n) is 6.78. The summed E-state index contributed by atoms with van der Waals surface area (Å²) in [4.78, 5) is 8.79. The molecule has 2 aromatic heterocycles. The summed E-state index contributed by atoms with van der Waals surface area (Å²) in [5.74, 6) is 0.342. The minimum Gasteiger partial charge on any atom is -0.507 e. The van der Waals surface area contributed by atoms with Crippen molar-refractivity contribution in [2.45, 2.75) is 27.2 Å². The zero-order chi connectivity index (χ0) is 15.1. The Balaban J connectivity index is 2.21. The van der Waals surface area contributed by atoms with Gasteiger partial charge in [-0.25, -0.2) is 0 Å². The van der Waals surface area contributed by atoms with Crippen molar-refractivity contribution in [2.24, 2.45) is 0 Å². The standard InChI is InChI=1S/C16H17N3OS/c1-9-10(2)15(20)11(3)16-14(9)19-13(21(16)17)8-12-4-6-18-7-5-12/h4-7H,8,17H2,1-3H3/p+1. The van der Waals surface area contributed by atoms with Gasteiger partial charge in [-0.05, 0) is 49.6 Å². The van der Waals surface area contributed by atoms with Crippen LogP contribution in [0.5, 0.6) is 5.75 Å². The first-order valence-corrected chi connectivity index (χ1v) is 8.07. The van der Waals surface area contributed by atoms with Crippen LogP contribution in [0.3, 0.4) is 0 Å². The van der Waals surface area contributed by atoms with Crippen LogP contribution in [0.15, 0.2) is 24.5 Å². The van der Waals surface area contributed by atoms with Crippen LogP contribution in [0, 0.1) is 20.8 Å². The summed E-state index contributed by atoms with van der Waals surface area (Å²) in [6.45, 7) is 5.82. The molecule has 0 saturated carbocycles. The number of phenols is 1. The van der Waals surface area contributed by atoms with Crippen molar-refractivity contribution in [3.63, 3.8) is 0 Å². The highest BCUT2D eigenvalue weighted by atomic mass is 32.2. The third kappa shape index (κ3) is 2.18. The minimum atomic E-state index is -0.557. The van der Waals surface area contributed by atoms with Crippen molar-refractivity contribution in [2.75, 3.05) is 5.14 Å². The summed E-state index contributed by atoms with van der Waals surface area (Å²) in [5, 5.41) is 17.6. The van der Waals surface area contributed by atoms with Gasteiger partial charge >= 0.3 is 0 Å². The largest absolute Gasteiger partial charge is 0.507 e. The molecule has 0 bridgehead atoms. The van der Waals surface area contributed by atoms with E-state index < -0.39 is 10.7 Å². The second kappa shape index (κ2) is 5.09. The van der Waals surface area contributed by atoms with Crippen molar-refractivity contribution in [3.05, 3.63) is 51.8 Å². The number of hydrogen-bond donors (Lipinski definition) is 2. The quantitative estimate of drug-likeness (QED) is 0.712. The Morgan fingerprint density at radius 1 is 1.10 bits per heavy atom. The van der Waals surface area contributed by atoms with Crippen molar-refractivity contribution >= 4 is 20.9 Å². The van der Waals surface area contributed by atoms with Crippen molar-refractivity contribution in [1.29, 1.82) is 0 Å². The van der Waals surface area contributed by atoms with Crippen LogP contribution in [0.25, 0.3) is 10.2 Å². The number of thiazole rings is 1. The number of rotatable bonds is 2. The topological polar surface area (TPSA) is 72.0 Å². The smallest absolute Gasteiger partial charge is 0.268 e. The molecule has 0 saturated heterocycles. The number of nitrogens with zero attached hydrogens (tertiary/aromatic N) is 2. The molecule has 0 fully saturated rings. The summed E-state index contributed by atoms with van der Waals surface area (Å²) in [7, 11) is -0.557. The van der Waals surface area contributed by atoms with E-state index in [0.29, 0.717) is 5.75 Å². The van der Waals surface area contributed by atoms with Gasteiger partial charge < -0.3 is 5.11 Å². The molecule has 0 radical (unpaired) electrons. The molecule has 2 heterocycles. The summed E-state index contributed by atoms with van der Waals surface area (Å²) in [5.41, 5.74) is 4.85. The Kier molecular flexibility index (Phi) is 3.39. The monoisotopic (exact) mass is 300 g/mol. The average Bonchev–Trinajstić information content (AvgIpc) is 2.81. The van der Waals surface area contributed by atoms with Crippen LogP contribution >= 0.6 is 10.7 Å². The van der Waals surface area contributed by atoms with Gasteiger partial charge in [0.1, 0.15) is 11.3 Å². The van der Waals surface area contributed by atoms with Crippen LogP contribution in [0.4, 0.5) is 0 Å². The lowest BCUT2D eigenvalue weighted by Gasteiger charge is -2.05. The highest BCUT2D eigenvalue weighted by Gasteiger charge is 2.27. The van der Waals surface area contributed by atoms with E-state index in [-0.39, 0.29) is 0 Å². The second-order valence-corrected chi connectivity index (χ2v) is 6.83. The molecular formula is C16H18N3OS+. The molecule has 0 amide bonds. The molecule has 1 atom stereocenters. The molecule has 3 aromatic rings. The Morgan fingerprint density at radius 2 is 1.76 bits per heavy atom. The van der Waals surface area contributed by atoms with Gasteiger partial charge in [-0.3, -0.25) is 4.98 Å². The van der Waals surface area contributed by atoms with Gasteiger partial charge in [-0.2, -0.15) is 4.98 Å². The molecule has 3 rings (SSSR count). The number of phenolic OH excluding ortho intramolecular Hbond substituents is 1. The van der Waals surface area contributed by atoms with Gasteiger partial charge in [0, 0.05) is 12.4 Å². The summed E-state index contributed by atoms with van der Waals surface area (Å²) in [6.07, 6.45) is 4.27. The van der Waals surface area contributed by atoms with E-state index in [1.807, 2.05) is 32.9 Å². The number of nitrogen functional groups attached to an aromatic ring is 1. The summed E-state index contributed by atoms with van der Waals surface area (Å²) >= 11 is 0. The van der Waals surface area contributed by atoms with E-state index in [1.54, 1.807) is 12.4 Å². The molecule has 21 heavy (non-hydrogen) atoms. The Labute approximate surface area is 126 Å². The minimum absolute atomic E-state index is 0.342. The first-order chi connectivity index (χ1) is 10.0. The van der Waals surface area contributed by atoms with Crippen LogP contribution in [0.1, 0.15) is 27.3 Å². The van der Waals surface area contributed by atoms with E-state index in [0.717, 1.165) is 43.9 Å². The predicted octanol–water partition coefficient (Wildman–Crippen LogP) is 3.31. The van der Waals surface area contributed by atoms with Crippen molar-refractivity contribution in [1.82, 2.24) is 9.97 Å². The summed E-state index contributed by atoms with van der Waals surface area (Å²) < 4.78 is 0.986. The molecular weight excluding hydrogens is 282 g/mol. The molecule has 5 heteroatoms. The maximum absolute atomic E-state index is 10.2. The van der Waals surface area contributed by atoms with Gasteiger partial charge in [0.05, 0.1) is 22.6 Å². The van der Waals surface area contributed by atoms with E-state index in [9.17, 15) is 5.11 Å². The maximum atomic E-state index is 10.2. The Bertz CT molecular complexity index is 825. The Morgan fingerprint density at radius 3 is 2.43 bits per heavy atom. The van der Waals surface area contributed by atoms with Crippen LogP contribution in [0.2, 0.25) is 0 Å². The lowest BCUT2D eigenvalue weighted by molar-refractivity contribution is 0.467. The average molecular weight is 300 g/mol. The molecule has 108 valence electrons. The van der Waals surface area contributed by atoms with E-state index in [4.69, 9.17) is 10.1 Å². The molecule has 0 spiro atoms. The second-order valence-electron chi connectivity index (χ2n) is 5.28. The zero-order valence-electron chi connectivity index (χ0n) is 12.3. The number of aryl methyl sites for hydroxylation is 2. The fourth-order valence-electron chi connectivity index (χ4n) is 2.58. The van der Waals surface area contributed by atoms with Gasteiger partial charge in [0.2, 0.25) is 4.70 Å². The molecule has 4 nitrogen and oxygen atoms in total. The van der Waals surface area contributed by atoms with Crippen LogP contribution < -0.4 is 5.14 Å². The van der Waals surface area contributed by atoms with Crippen LogP contribution in [-0.2, 0) is 6.42 Å². The van der Waals surface area contributed by atoms with Gasteiger partial charge in [0.25, 0.3) is 5.01 Å². The van der Waals surface area contributed by atoms with Gasteiger partial charge in [-0.15, -0.1) is 5.14 Å². The van der Waals surface area contributed by atoms with Crippen molar-refractivity contribution in [3.8, 4) is 5.75 Å². The molecule has 1 aromatic carbocycles. The lowest BCUT2D eigenvalue weighted by Crippen LogP contribution is -1.92. The van der Waals surface area contributed by atoms with Crippen LogP contribution in [-0.4, -0.2) is 15.1 Å². The SMILES string of the molecule is Cc1c(O)c(C)c2c(nc(Cc3ccncc3)[s+]2N)c1C. The highest BCUT2D eigenvalue weighted by molar-refractivity contribution is 7.37. The number of fused-ring (bicyclic) bond motifs is 1. The number of pyridine rings is 1. The zero-order valence-corrected chi connectivity index (χ0v) is 13.2. The fraction of sp³-hybridized carbons (Fsp3) is 0.250. The van der Waals surface area contributed by atoms with Gasteiger partial charge in [-0.1, -0.05) is 0 Å². The van der Waals surface area contributed by atoms with E-state index >= 15 is 0 Å².